The lowest BCUT2D eigenvalue weighted by Gasteiger charge is -2.22. The number of hydrogen-bond acceptors (Lipinski definition) is 7. The van der Waals surface area contributed by atoms with Crippen LogP contribution in [0.4, 0.5) is 11.4 Å². The summed E-state index contributed by atoms with van der Waals surface area (Å²) in [4.78, 5) is 64.6. The number of nitro benzene ring substituents is 1. The largest absolute Gasteiger partial charge is 0.449 e. The molecule has 5 rings (SSSR count). The van der Waals surface area contributed by atoms with Crippen LogP contribution in [0.25, 0.3) is 0 Å². The molecule has 0 bridgehead atoms. The molecule has 1 heterocycles. The third-order valence-electron chi connectivity index (χ3n) is 6.25. The van der Waals surface area contributed by atoms with Crippen molar-refractivity contribution in [3.8, 4) is 0 Å². The van der Waals surface area contributed by atoms with E-state index in [4.69, 9.17) is 4.74 Å². The van der Waals surface area contributed by atoms with Crippen molar-refractivity contribution in [2.45, 2.75) is 19.4 Å². The van der Waals surface area contributed by atoms with Gasteiger partial charge in [-0.15, -0.1) is 0 Å². The topological polar surface area (TPSA) is 124 Å². The number of anilines is 1. The van der Waals surface area contributed by atoms with E-state index < -0.39 is 51.3 Å². The zero-order valence-corrected chi connectivity index (χ0v) is 18.5. The van der Waals surface area contributed by atoms with Gasteiger partial charge in [0.15, 0.2) is 11.9 Å². The molecule has 3 aromatic carbocycles. The van der Waals surface area contributed by atoms with Gasteiger partial charge in [-0.3, -0.25) is 24.5 Å². The summed E-state index contributed by atoms with van der Waals surface area (Å²) in [5.74, 6) is -2.88. The predicted molar refractivity (Wildman–Crippen MR) is 124 cm³/mol. The number of ether oxygens (including phenoxy) is 1. The molecule has 1 amide bonds. The second kappa shape index (κ2) is 8.28. The zero-order chi connectivity index (χ0) is 24.9. The number of amides is 1. The van der Waals surface area contributed by atoms with E-state index in [2.05, 4.69) is 0 Å². The first-order valence-electron chi connectivity index (χ1n) is 10.9. The number of ketones is 2. The van der Waals surface area contributed by atoms with Crippen LogP contribution in [-0.2, 0) is 16.0 Å². The third kappa shape index (κ3) is 3.48. The first-order chi connectivity index (χ1) is 16.8. The van der Waals surface area contributed by atoms with E-state index >= 15 is 0 Å². The Kier molecular flexibility index (Phi) is 5.24. The highest BCUT2D eigenvalue weighted by Crippen LogP contribution is 2.36. The third-order valence-corrected chi connectivity index (χ3v) is 6.25. The Morgan fingerprint density at radius 2 is 1.60 bits per heavy atom. The maximum atomic E-state index is 13.1. The van der Waals surface area contributed by atoms with Gasteiger partial charge in [0.05, 0.1) is 4.92 Å². The molecule has 0 fully saturated rings. The summed E-state index contributed by atoms with van der Waals surface area (Å²) in [6.07, 6.45) is -0.571. The van der Waals surface area contributed by atoms with Gasteiger partial charge in [-0.05, 0) is 37.1 Å². The molecule has 174 valence electrons. The smallest absolute Gasteiger partial charge is 0.345 e. The van der Waals surface area contributed by atoms with Crippen LogP contribution in [0, 0.1) is 10.1 Å². The summed E-state index contributed by atoms with van der Waals surface area (Å²) in [7, 11) is 0. The van der Waals surface area contributed by atoms with Crippen LogP contribution in [0.1, 0.15) is 54.7 Å². The maximum Gasteiger partial charge on any atom is 0.345 e. The van der Waals surface area contributed by atoms with Gasteiger partial charge in [0.1, 0.15) is 11.1 Å². The number of rotatable bonds is 4. The molecular weight excluding hydrogens is 452 g/mol. The molecule has 0 aromatic heterocycles. The summed E-state index contributed by atoms with van der Waals surface area (Å²) in [6, 6.07) is 15.7. The monoisotopic (exact) mass is 470 g/mol. The molecule has 0 N–H and O–H groups in total. The van der Waals surface area contributed by atoms with Crippen LogP contribution < -0.4 is 4.90 Å². The first kappa shape index (κ1) is 22.1. The molecule has 2 aliphatic rings. The molecule has 9 heteroatoms. The molecule has 1 aliphatic carbocycles. The van der Waals surface area contributed by atoms with Crippen LogP contribution in [0.5, 0.6) is 0 Å². The van der Waals surface area contributed by atoms with Crippen LogP contribution >= 0.6 is 0 Å². The van der Waals surface area contributed by atoms with Gasteiger partial charge in [0.2, 0.25) is 5.78 Å². The molecule has 1 aliphatic heterocycles. The number of esters is 1. The van der Waals surface area contributed by atoms with E-state index in [9.17, 15) is 29.3 Å². The van der Waals surface area contributed by atoms with Gasteiger partial charge < -0.3 is 9.64 Å². The molecule has 35 heavy (non-hydrogen) atoms. The minimum absolute atomic E-state index is 0.0230. The molecule has 0 spiro atoms. The molecule has 0 saturated carbocycles. The van der Waals surface area contributed by atoms with Crippen LogP contribution in [-0.4, -0.2) is 41.0 Å². The number of carbonyl (C=O) groups is 4. The van der Waals surface area contributed by atoms with Crippen LogP contribution in [0.2, 0.25) is 0 Å². The number of para-hydroxylation sites is 1. The fraction of sp³-hybridized carbons (Fsp3) is 0.154. The average molecular weight is 470 g/mol. The van der Waals surface area contributed by atoms with Crippen LogP contribution in [0.15, 0.2) is 60.7 Å². The van der Waals surface area contributed by atoms with Crippen molar-refractivity contribution in [1.82, 2.24) is 0 Å². The van der Waals surface area contributed by atoms with Gasteiger partial charge in [0, 0.05) is 28.9 Å². The number of nitrogens with zero attached hydrogens (tertiary/aromatic N) is 2. The van der Waals surface area contributed by atoms with Crippen LogP contribution in [0.3, 0.4) is 0 Å². The highest BCUT2D eigenvalue weighted by Gasteiger charge is 2.40. The number of hydrogen-bond donors (Lipinski definition) is 0. The van der Waals surface area contributed by atoms with E-state index in [0.29, 0.717) is 13.0 Å². The molecular formula is C26H18N2O7. The molecule has 0 radical (unpaired) electrons. The Labute approximate surface area is 199 Å². The number of carbonyl (C=O) groups excluding carboxylic acids is 4. The molecule has 9 nitrogen and oxygen atoms in total. The Morgan fingerprint density at radius 1 is 0.943 bits per heavy atom. The van der Waals surface area contributed by atoms with Crippen molar-refractivity contribution < 1.29 is 28.8 Å². The number of fused-ring (bicyclic) bond motifs is 3. The number of nitro groups is 1. The average Bonchev–Trinajstić information content (AvgIpc) is 3.30. The Hall–Kier alpha value is -4.66. The predicted octanol–water partition coefficient (Wildman–Crippen LogP) is 3.50. The van der Waals surface area contributed by atoms with E-state index in [-0.39, 0.29) is 16.7 Å². The fourth-order valence-corrected chi connectivity index (χ4v) is 4.58. The highest BCUT2D eigenvalue weighted by atomic mass is 16.6. The lowest BCUT2D eigenvalue weighted by molar-refractivity contribution is -0.385. The lowest BCUT2D eigenvalue weighted by atomic mass is 9.82. The second-order valence-electron chi connectivity index (χ2n) is 8.26. The highest BCUT2D eigenvalue weighted by molar-refractivity contribution is 6.30. The zero-order valence-electron chi connectivity index (χ0n) is 18.5. The minimum atomic E-state index is -1.23. The molecule has 3 aromatic rings. The molecule has 0 unspecified atom stereocenters. The van der Waals surface area contributed by atoms with Crippen molar-refractivity contribution in [1.29, 1.82) is 0 Å². The standard InChI is InChI=1S/C26H18N2O7/c1-14(25(31)27-13-12-15-6-2-5-9-20(15)27)35-26(32)19-11-10-18-21(22(19)28(33)34)24(30)17-8-4-3-7-16(17)23(18)29/h2-11,14H,12-13H2,1H3/t14-/m1/s1. The second-order valence-corrected chi connectivity index (χ2v) is 8.26. The Morgan fingerprint density at radius 3 is 2.31 bits per heavy atom. The molecule has 1 atom stereocenters. The summed E-state index contributed by atoms with van der Waals surface area (Å²) in [5.41, 5.74) is -0.0525. The maximum absolute atomic E-state index is 13.1. The van der Waals surface area contributed by atoms with Crippen molar-refractivity contribution >= 4 is 34.8 Å². The molecule has 0 saturated heterocycles. The summed E-state index contributed by atoms with van der Waals surface area (Å²) in [6.45, 7) is 1.81. The SMILES string of the molecule is C[C@@H](OC(=O)c1ccc2c(c1[N+](=O)[O-])C(=O)c1ccccc1C2=O)C(=O)N1CCc2ccccc21. The van der Waals surface area contributed by atoms with Gasteiger partial charge in [-0.2, -0.15) is 0 Å². The summed E-state index contributed by atoms with van der Waals surface area (Å²) < 4.78 is 5.31. The summed E-state index contributed by atoms with van der Waals surface area (Å²) in [5, 5.41) is 12.0. The van der Waals surface area contributed by atoms with Gasteiger partial charge in [-0.25, -0.2) is 4.79 Å². The fourth-order valence-electron chi connectivity index (χ4n) is 4.58. The Balaban J connectivity index is 1.47. The van der Waals surface area contributed by atoms with E-state index in [1.807, 2.05) is 12.1 Å². The van der Waals surface area contributed by atoms with Crippen molar-refractivity contribution in [3.63, 3.8) is 0 Å². The van der Waals surface area contributed by atoms with E-state index in [0.717, 1.165) is 17.3 Å². The van der Waals surface area contributed by atoms with Crippen molar-refractivity contribution in [2.75, 3.05) is 11.4 Å². The minimum Gasteiger partial charge on any atom is -0.449 e. The quantitative estimate of drug-likeness (QED) is 0.254. The van der Waals surface area contributed by atoms with Gasteiger partial charge in [-0.1, -0.05) is 42.5 Å². The lowest BCUT2D eigenvalue weighted by Crippen LogP contribution is -2.39. The van der Waals surface area contributed by atoms with E-state index in [1.54, 1.807) is 24.3 Å². The van der Waals surface area contributed by atoms with E-state index in [1.165, 1.54) is 30.0 Å². The number of benzene rings is 3. The normalized spacial score (nSPS) is 14.6. The van der Waals surface area contributed by atoms with Crippen molar-refractivity contribution in [2.24, 2.45) is 0 Å². The first-order valence-corrected chi connectivity index (χ1v) is 10.9. The Bertz CT molecular complexity index is 1460. The van der Waals surface area contributed by atoms with Gasteiger partial charge >= 0.3 is 5.97 Å². The van der Waals surface area contributed by atoms with Crippen molar-refractivity contribution in [3.05, 3.63) is 104 Å². The van der Waals surface area contributed by atoms with Gasteiger partial charge in [0.25, 0.3) is 11.6 Å². The summed E-state index contributed by atoms with van der Waals surface area (Å²) >= 11 is 0.